The minimum atomic E-state index is 0.122. The number of amides is 1. The van der Waals surface area contributed by atoms with E-state index in [4.69, 9.17) is 0 Å². The van der Waals surface area contributed by atoms with Crippen LogP contribution in [0.15, 0.2) is 35.4 Å². The predicted octanol–water partition coefficient (Wildman–Crippen LogP) is 3.15. The highest BCUT2D eigenvalue weighted by molar-refractivity contribution is 8.00. The van der Waals surface area contributed by atoms with E-state index in [2.05, 4.69) is 18.9 Å². The molecule has 0 radical (unpaired) electrons. The molecule has 0 saturated heterocycles. The second-order valence-electron chi connectivity index (χ2n) is 4.71. The summed E-state index contributed by atoms with van der Waals surface area (Å²) in [6.45, 7) is 5.01. The third kappa shape index (κ3) is 3.83. The van der Waals surface area contributed by atoms with Crippen molar-refractivity contribution in [3.8, 4) is 0 Å². The van der Waals surface area contributed by atoms with Gasteiger partial charge in [0.05, 0.1) is 18.0 Å². The maximum atomic E-state index is 12.0. The lowest BCUT2D eigenvalue weighted by molar-refractivity contribution is -0.127. The molecule has 0 saturated carbocycles. The summed E-state index contributed by atoms with van der Waals surface area (Å²) in [5.74, 6) is 0.650. The van der Waals surface area contributed by atoms with Crippen LogP contribution < -0.4 is 0 Å². The molecule has 1 amide bonds. The van der Waals surface area contributed by atoms with Crippen molar-refractivity contribution < 1.29 is 4.79 Å². The van der Waals surface area contributed by atoms with E-state index in [0.717, 1.165) is 24.1 Å². The van der Waals surface area contributed by atoms with Crippen molar-refractivity contribution in [2.24, 2.45) is 5.10 Å². The second kappa shape index (κ2) is 6.75. The van der Waals surface area contributed by atoms with Gasteiger partial charge in [0.15, 0.2) is 0 Å². The lowest BCUT2D eigenvalue weighted by Crippen LogP contribution is -2.25. The molecule has 1 aromatic rings. The molecule has 19 heavy (non-hydrogen) atoms. The van der Waals surface area contributed by atoms with Crippen LogP contribution in [-0.2, 0) is 4.79 Å². The molecule has 0 spiro atoms. The number of carbonyl (C=O) groups excluding carboxylic acids is 1. The Morgan fingerprint density at radius 1 is 1.42 bits per heavy atom. The van der Waals surface area contributed by atoms with E-state index in [0.29, 0.717) is 17.5 Å². The lowest BCUT2D eigenvalue weighted by Gasteiger charge is -2.13. The van der Waals surface area contributed by atoms with Crippen LogP contribution in [0.4, 0.5) is 0 Å². The molecule has 102 valence electrons. The van der Waals surface area contributed by atoms with Gasteiger partial charge in [-0.05, 0) is 12.0 Å². The minimum Gasteiger partial charge on any atom is -0.272 e. The fourth-order valence-corrected chi connectivity index (χ4v) is 2.69. The topological polar surface area (TPSA) is 32.7 Å². The first-order chi connectivity index (χ1) is 9.20. The molecule has 1 aliphatic heterocycles. The van der Waals surface area contributed by atoms with Gasteiger partial charge in [-0.3, -0.25) is 4.79 Å². The molecule has 0 N–H and O–H groups in total. The SMILES string of the molecule is CCC(C)SCC(=O)N1CCC(c2ccccc2)=N1. The molecule has 1 unspecified atom stereocenters. The van der Waals surface area contributed by atoms with Crippen LogP contribution in [0, 0.1) is 0 Å². The molecule has 0 fully saturated rings. The smallest absolute Gasteiger partial charge is 0.252 e. The third-order valence-corrected chi connectivity index (χ3v) is 4.58. The summed E-state index contributed by atoms with van der Waals surface area (Å²) >= 11 is 1.71. The van der Waals surface area contributed by atoms with Crippen molar-refractivity contribution in [1.29, 1.82) is 0 Å². The molecule has 1 aliphatic rings. The first kappa shape index (κ1) is 14.1. The Morgan fingerprint density at radius 3 is 2.84 bits per heavy atom. The zero-order valence-electron chi connectivity index (χ0n) is 11.5. The Morgan fingerprint density at radius 2 is 2.16 bits per heavy atom. The second-order valence-corrected chi connectivity index (χ2v) is 6.14. The highest BCUT2D eigenvalue weighted by Gasteiger charge is 2.21. The zero-order chi connectivity index (χ0) is 13.7. The standard InChI is InChI=1S/C15H20N2OS/c1-3-12(2)19-11-15(18)17-10-9-14(16-17)13-7-5-4-6-8-13/h4-8,12H,3,9-11H2,1-2H3. The Balaban J connectivity index is 1.93. The van der Waals surface area contributed by atoms with Gasteiger partial charge in [-0.25, -0.2) is 5.01 Å². The van der Waals surface area contributed by atoms with E-state index < -0.39 is 0 Å². The minimum absolute atomic E-state index is 0.122. The Hall–Kier alpha value is -1.29. The highest BCUT2D eigenvalue weighted by atomic mass is 32.2. The van der Waals surface area contributed by atoms with Crippen LogP contribution in [0.1, 0.15) is 32.3 Å². The summed E-state index contributed by atoms with van der Waals surface area (Å²) in [7, 11) is 0. The van der Waals surface area contributed by atoms with Crippen LogP contribution in [0.5, 0.6) is 0 Å². The van der Waals surface area contributed by atoms with E-state index in [1.54, 1.807) is 16.8 Å². The fraction of sp³-hybridized carbons (Fsp3) is 0.467. The first-order valence-corrected chi connectivity index (χ1v) is 7.80. The summed E-state index contributed by atoms with van der Waals surface area (Å²) in [5, 5.41) is 6.60. The van der Waals surface area contributed by atoms with Gasteiger partial charge >= 0.3 is 0 Å². The van der Waals surface area contributed by atoms with Crippen molar-refractivity contribution >= 4 is 23.4 Å². The molecule has 0 bridgehead atoms. The molecule has 3 nitrogen and oxygen atoms in total. The Bertz CT molecular complexity index is 458. The zero-order valence-corrected chi connectivity index (χ0v) is 12.3. The van der Waals surface area contributed by atoms with Crippen molar-refractivity contribution in [2.45, 2.75) is 31.9 Å². The molecule has 1 atom stereocenters. The maximum absolute atomic E-state index is 12.0. The van der Waals surface area contributed by atoms with Gasteiger partial charge in [0.25, 0.3) is 5.91 Å². The average molecular weight is 276 g/mol. The molecular weight excluding hydrogens is 256 g/mol. The normalized spacial score (nSPS) is 16.3. The Labute approximate surface area is 119 Å². The van der Waals surface area contributed by atoms with Crippen LogP contribution in [-0.4, -0.2) is 34.2 Å². The van der Waals surface area contributed by atoms with E-state index >= 15 is 0 Å². The van der Waals surface area contributed by atoms with Crippen LogP contribution in [0.2, 0.25) is 0 Å². The molecule has 1 aromatic carbocycles. The summed E-state index contributed by atoms with van der Waals surface area (Å²) in [4.78, 5) is 12.0. The summed E-state index contributed by atoms with van der Waals surface area (Å²) in [6, 6.07) is 10.1. The van der Waals surface area contributed by atoms with Crippen molar-refractivity contribution in [3.63, 3.8) is 0 Å². The van der Waals surface area contributed by atoms with Gasteiger partial charge < -0.3 is 0 Å². The molecule has 1 heterocycles. The van der Waals surface area contributed by atoms with E-state index in [9.17, 15) is 4.79 Å². The lowest BCUT2D eigenvalue weighted by atomic mass is 10.1. The summed E-state index contributed by atoms with van der Waals surface area (Å²) in [6.07, 6.45) is 1.94. The third-order valence-electron chi connectivity index (χ3n) is 3.26. The van der Waals surface area contributed by atoms with Crippen molar-refractivity contribution in [3.05, 3.63) is 35.9 Å². The number of hydrogen-bond acceptors (Lipinski definition) is 3. The van der Waals surface area contributed by atoms with Gasteiger partial charge in [0, 0.05) is 11.7 Å². The van der Waals surface area contributed by atoms with Crippen LogP contribution >= 0.6 is 11.8 Å². The van der Waals surface area contributed by atoms with Crippen LogP contribution in [0.25, 0.3) is 0 Å². The van der Waals surface area contributed by atoms with Gasteiger partial charge in [0.1, 0.15) is 0 Å². The molecular formula is C15H20N2OS. The largest absolute Gasteiger partial charge is 0.272 e. The van der Waals surface area contributed by atoms with Gasteiger partial charge in [-0.1, -0.05) is 44.2 Å². The Kier molecular flexibility index (Phi) is 5.02. The first-order valence-electron chi connectivity index (χ1n) is 6.75. The molecule has 0 aromatic heterocycles. The van der Waals surface area contributed by atoms with Crippen LogP contribution in [0.3, 0.4) is 0 Å². The number of carbonyl (C=O) groups is 1. The average Bonchev–Trinajstić information content (AvgIpc) is 2.95. The van der Waals surface area contributed by atoms with Crippen molar-refractivity contribution in [1.82, 2.24) is 5.01 Å². The fourth-order valence-electron chi connectivity index (χ4n) is 1.88. The number of hydrazone groups is 1. The number of rotatable bonds is 5. The monoisotopic (exact) mass is 276 g/mol. The van der Waals surface area contributed by atoms with E-state index in [1.807, 2.05) is 30.3 Å². The number of hydrogen-bond donors (Lipinski definition) is 0. The predicted molar refractivity (Wildman–Crippen MR) is 81.5 cm³/mol. The summed E-state index contributed by atoms with van der Waals surface area (Å²) in [5.41, 5.74) is 2.13. The van der Waals surface area contributed by atoms with Gasteiger partial charge in [0.2, 0.25) is 0 Å². The quantitative estimate of drug-likeness (QED) is 0.827. The molecule has 4 heteroatoms. The van der Waals surface area contributed by atoms with E-state index in [-0.39, 0.29) is 5.91 Å². The summed E-state index contributed by atoms with van der Waals surface area (Å²) < 4.78 is 0. The molecule has 2 rings (SSSR count). The van der Waals surface area contributed by atoms with Gasteiger partial charge in [-0.15, -0.1) is 11.8 Å². The maximum Gasteiger partial charge on any atom is 0.252 e. The molecule has 0 aliphatic carbocycles. The number of benzene rings is 1. The van der Waals surface area contributed by atoms with Crippen molar-refractivity contribution in [2.75, 3.05) is 12.3 Å². The highest BCUT2D eigenvalue weighted by Crippen LogP contribution is 2.18. The number of thioether (sulfide) groups is 1. The van der Waals surface area contributed by atoms with E-state index in [1.165, 1.54) is 0 Å². The van der Waals surface area contributed by atoms with Gasteiger partial charge in [-0.2, -0.15) is 5.10 Å². The number of nitrogens with zero attached hydrogens (tertiary/aromatic N) is 2.